The van der Waals surface area contributed by atoms with Crippen LogP contribution in [-0.4, -0.2) is 19.8 Å². The molecular formula is C17H16ClNO4. The molecule has 2 aromatic rings. The molecule has 5 nitrogen and oxygen atoms in total. The Morgan fingerprint density at radius 2 is 2.17 bits per heavy atom. The van der Waals surface area contributed by atoms with Gasteiger partial charge in [-0.3, -0.25) is 4.79 Å². The quantitative estimate of drug-likeness (QED) is 0.934. The van der Waals surface area contributed by atoms with Gasteiger partial charge in [0.25, 0.3) is 5.91 Å². The lowest BCUT2D eigenvalue weighted by molar-refractivity contribution is -0.0170. The lowest BCUT2D eigenvalue weighted by Gasteiger charge is -2.21. The number of fused-ring (bicyclic) bond motifs is 1. The molecule has 1 aliphatic heterocycles. The maximum absolute atomic E-state index is 12.4. The molecule has 0 unspecified atom stereocenters. The Kier molecular flexibility index (Phi) is 4.69. The summed E-state index contributed by atoms with van der Waals surface area (Å²) in [4.78, 5) is 12.4. The normalized spacial score (nSPS) is 13.0. The Labute approximate surface area is 139 Å². The number of amides is 1. The molecule has 1 amide bonds. The smallest absolute Gasteiger partial charge is 0.255 e. The molecule has 0 fully saturated rings. The molecule has 2 aromatic carbocycles. The third-order valence-corrected chi connectivity index (χ3v) is 3.76. The summed E-state index contributed by atoms with van der Waals surface area (Å²) < 4.78 is 16.0. The zero-order chi connectivity index (χ0) is 16.2. The van der Waals surface area contributed by atoms with E-state index < -0.39 is 0 Å². The van der Waals surface area contributed by atoms with Gasteiger partial charge in [-0.25, -0.2) is 0 Å². The molecule has 3 rings (SSSR count). The van der Waals surface area contributed by atoms with Crippen LogP contribution in [0.5, 0.6) is 11.5 Å². The van der Waals surface area contributed by atoms with Gasteiger partial charge in [0.1, 0.15) is 11.5 Å². The minimum atomic E-state index is -0.219. The summed E-state index contributed by atoms with van der Waals surface area (Å²) >= 11 is 6.12. The number of benzene rings is 2. The van der Waals surface area contributed by atoms with Crippen molar-refractivity contribution in [2.24, 2.45) is 0 Å². The molecule has 1 N–H and O–H groups in total. The molecule has 120 valence electrons. The number of hydrogen-bond donors (Lipinski definition) is 1. The van der Waals surface area contributed by atoms with Crippen molar-refractivity contribution in [3.63, 3.8) is 0 Å². The zero-order valence-electron chi connectivity index (χ0n) is 12.6. The van der Waals surface area contributed by atoms with Gasteiger partial charge in [0, 0.05) is 22.7 Å². The van der Waals surface area contributed by atoms with Crippen LogP contribution in [0.4, 0.5) is 0 Å². The van der Waals surface area contributed by atoms with Crippen LogP contribution in [0, 0.1) is 0 Å². The molecule has 1 heterocycles. The van der Waals surface area contributed by atoms with Crippen molar-refractivity contribution in [2.45, 2.75) is 13.2 Å². The number of carbonyl (C=O) groups is 1. The standard InChI is InChI=1S/C17H16ClNO4/c1-21-15-5-3-2-4-14(15)17(20)19-8-11-6-13(18)7-12-9-22-10-23-16(11)12/h2-7H,8-10H2,1H3,(H,19,20). The Hall–Kier alpha value is -2.24. The topological polar surface area (TPSA) is 56.8 Å². The first kappa shape index (κ1) is 15.6. The fourth-order valence-electron chi connectivity index (χ4n) is 2.49. The van der Waals surface area contributed by atoms with Crippen LogP contribution in [0.1, 0.15) is 21.5 Å². The fourth-order valence-corrected chi connectivity index (χ4v) is 2.75. The number of hydrogen-bond acceptors (Lipinski definition) is 4. The van der Waals surface area contributed by atoms with Crippen LogP contribution in [0.3, 0.4) is 0 Å². The molecule has 0 spiro atoms. The number of rotatable bonds is 4. The summed E-state index contributed by atoms with van der Waals surface area (Å²) in [6.45, 7) is 0.950. The van der Waals surface area contributed by atoms with Crippen molar-refractivity contribution in [2.75, 3.05) is 13.9 Å². The number of methoxy groups -OCH3 is 1. The van der Waals surface area contributed by atoms with Gasteiger partial charge < -0.3 is 19.5 Å². The summed E-state index contributed by atoms with van der Waals surface area (Å²) in [7, 11) is 1.54. The first-order valence-electron chi connectivity index (χ1n) is 7.12. The van der Waals surface area contributed by atoms with Gasteiger partial charge in [-0.15, -0.1) is 0 Å². The molecule has 1 aliphatic rings. The number of halogens is 1. The highest BCUT2D eigenvalue weighted by Gasteiger charge is 2.18. The van der Waals surface area contributed by atoms with Crippen LogP contribution in [0.2, 0.25) is 5.02 Å². The van der Waals surface area contributed by atoms with Crippen molar-refractivity contribution in [3.8, 4) is 11.5 Å². The third kappa shape index (κ3) is 3.41. The van der Waals surface area contributed by atoms with Gasteiger partial charge in [0.05, 0.1) is 19.3 Å². The molecular weight excluding hydrogens is 318 g/mol. The predicted octanol–water partition coefficient (Wildman–Crippen LogP) is 3.15. The van der Waals surface area contributed by atoms with Crippen LogP contribution in [0.25, 0.3) is 0 Å². The predicted molar refractivity (Wildman–Crippen MR) is 85.9 cm³/mol. The van der Waals surface area contributed by atoms with Gasteiger partial charge >= 0.3 is 0 Å². The van der Waals surface area contributed by atoms with Crippen molar-refractivity contribution >= 4 is 17.5 Å². The lowest BCUT2D eigenvalue weighted by Crippen LogP contribution is -2.24. The Balaban J connectivity index is 1.78. The van der Waals surface area contributed by atoms with E-state index in [0.717, 1.165) is 16.9 Å². The highest BCUT2D eigenvalue weighted by molar-refractivity contribution is 6.30. The third-order valence-electron chi connectivity index (χ3n) is 3.54. The molecule has 0 atom stereocenters. The summed E-state index contributed by atoms with van der Waals surface area (Å²) in [5.41, 5.74) is 2.18. The molecule has 0 saturated carbocycles. The van der Waals surface area contributed by atoms with Gasteiger partial charge in [-0.1, -0.05) is 23.7 Å². The van der Waals surface area contributed by atoms with Gasteiger partial charge in [0.15, 0.2) is 6.79 Å². The lowest BCUT2D eigenvalue weighted by atomic mass is 10.1. The average molecular weight is 334 g/mol. The SMILES string of the molecule is COc1ccccc1C(=O)NCc1cc(Cl)cc2c1OCOC2. The van der Waals surface area contributed by atoms with Crippen molar-refractivity contribution in [1.29, 1.82) is 0 Å². The van der Waals surface area contributed by atoms with E-state index in [1.165, 1.54) is 7.11 Å². The van der Waals surface area contributed by atoms with E-state index in [0.29, 0.717) is 29.5 Å². The Morgan fingerprint density at radius 1 is 1.35 bits per heavy atom. The highest BCUT2D eigenvalue weighted by atomic mass is 35.5. The molecule has 0 aromatic heterocycles. The van der Waals surface area contributed by atoms with Crippen LogP contribution >= 0.6 is 11.6 Å². The Bertz CT molecular complexity index is 733. The van der Waals surface area contributed by atoms with Crippen LogP contribution in [0.15, 0.2) is 36.4 Å². The molecule has 6 heteroatoms. The maximum atomic E-state index is 12.4. The monoisotopic (exact) mass is 333 g/mol. The zero-order valence-corrected chi connectivity index (χ0v) is 13.4. The largest absolute Gasteiger partial charge is 0.496 e. The van der Waals surface area contributed by atoms with E-state index in [9.17, 15) is 4.79 Å². The first-order valence-corrected chi connectivity index (χ1v) is 7.50. The minimum Gasteiger partial charge on any atom is -0.496 e. The van der Waals surface area contributed by atoms with Crippen molar-refractivity contribution < 1.29 is 19.0 Å². The summed E-state index contributed by atoms with van der Waals surface area (Å²) in [6.07, 6.45) is 0. The number of para-hydroxylation sites is 1. The van der Waals surface area contributed by atoms with Crippen LogP contribution < -0.4 is 14.8 Å². The summed E-state index contributed by atoms with van der Waals surface area (Å²) in [6, 6.07) is 10.7. The molecule has 0 radical (unpaired) electrons. The second-order valence-electron chi connectivity index (χ2n) is 5.05. The molecule has 0 bridgehead atoms. The fraction of sp³-hybridized carbons (Fsp3) is 0.235. The van der Waals surface area contributed by atoms with E-state index in [1.807, 2.05) is 12.1 Å². The first-order chi connectivity index (χ1) is 11.2. The summed E-state index contributed by atoms with van der Waals surface area (Å²) in [5.74, 6) is 1.03. The highest BCUT2D eigenvalue weighted by Crippen LogP contribution is 2.31. The molecule has 0 saturated heterocycles. The Morgan fingerprint density at radius 3 is 3.00 bits per heavy atom. The maximum Gasteiger partial charge on any atom is 0.255 e. The van der Waals surface area contributed by atoms with E-state index in [2.05, 4.69) is 5.32 Å². The van der Waals surface area contributed by atoms with E-state index in [-0.39, 0.29) is 12.7 Å². The van der Waals surface area contributed by atoms with E-state index in [1.54, 1.807) is 24.3 Å². The van der Waals surface area contributed by atoms with E-state index >= 15 is 0 Å². The van der Waals surface area contributed by atoms with Gasteiger partial charge in [-0.05, 0) is 24.3 Å². The van der Waals surface area contributed by atoms with Gasteiger partial charge in [-0.2, -0.15) is 0 Å². The van der Waals surface area contributed by atoms with Crippen molar-refractivity contribution in [3.05, 3.63) is 58.1 Å². The number of ether oxygens (including phenoxy) is 3. The number of carbonyl (C=O) groups excluding carboxylic acids is 1. The summed E-state index contributed by atoms with van der Waals surface area (Å²) in [5, 5.41) is 3.45. The number of nitrogens with one attached hydrogen (secondary N) is 1. The van der Waals surface area contributed by atoms with Crippen molar-refractivity contribution in [1.82, 2.24) is 5.32 Å². The van der Waals surface area contributed by atoms with Crippen LogP contribution in [-0.2, 0) is 17.9 Å². The second-order valence-corrected chi connectivity index (χ2v) is 5.48. The minimum absolute atomic E-state index is 0.197. The average Bonchev–Trinajstić information content (AvgIpc) is 2.59. The second kappa shape index (κ2) is 6.89. The van der Waals surface area contributed by atoms with E-state index in [4.69, 9.17) is 25.8 Å². The molecule has 23 heavy (non-hydrogen) atoms. The molecule has 0 aliphatic carbocycles. The van der Waals surface area contributed by atoms with Gasteiger partial charge in [0.2, 0.25) is 0 Å².